The quantitative estimate of drug-likeness (QED) is 0.404. The third-order valence-electron chi connectivity index (χ3n) is 7.25. The van der Waals surface area contributed by atoms with Crippen LogP contribution in [0.3, 0.4) is 0 Å². The first-order valence-corrected chi connectivity index (χ1v) is 13.2. The average molecular weight is 479 g/mol. The summed E-state index contributed by atoms with van der Waals surface area (Å²) in [5, 5.41) is 2.91. The minimum Gasteiger partial charge on any atom is -0.449 e. The van der Waals surface area contributed by atoms with Crippen LogP contribution in [0.5, 0.6) is 0 Å². The van der Waals surface area contributed by atoms with E-state index in [1.54, 1.807) is 0 Å². The predicted octanol–water partition coefficient (Wildman–Crippen LogP) is 6.34. The number of rotatable bonds is 10. The van der Waals surface area contributed by atoms with Crippen LogP contribution in [0.4, 0.5) is 9.59 Å². The molecule has 0 bridgehead atoms. The third kappa shape index (κ3) is 6.56. The van der Waals surface area contributed by atoms with Gasteiger partial charge in [0.15, 0.2) is 0 Å². The second-order valence-corrected chi connectivity index (χ2v) is 9.65. The van der Waals surface area contributed by atoms with Crippen molar-refractivity contribution in [1.82, 2.24) is 10.2 Å². The van der Waals surface area contributed by atoms with E-state index < -0.39 is 0 Å². The van der Waals surface area contributed by atoms with E-state index in [-0.39, 0.29) is 18.1 Å². The number of fused-ring (bicyclic) bond motifs is 3. The highest BCUT2D eigenvalue weighted by Crippen LogP contribution is 2.44. The van der Waals surface area contributed by atoms with E-state index in [1.807, 2.05) is 17.0 Å². The van der Waals surface area contributed by atoms with Crippen molar-refractivity contribution in [2.75, 3.05) is 32.8 Å². The molecule has 1 heterocycles. The first-order chi connectivity index (χ1) is 17.2. The van der Waals surface area contributed by atoms with Crippen molar-refractivity contribution >= 4 is 12.2 Å². The summed E-state index contributed by atoms with van der Waals surface area (Å²) in [7, 11) is 0. The fourth-order valence-corrected chi connectivity index (χ4v) is 5.20. The van der Waals surface area contributed by atoms with Crippen molar-refractivity contribution in [2.24, 2.45) is 5.92 Å². The van der Waals surface area contributed by atoms with Crippen molar-refractivity contribution in [2.45, 2.75) is 57.8 Å². The van der Waals surface area contributed by atoms with Crippen LogP contribution >= 0.6 is 0 Å². The number of nitrogens with zero attached hydrogens (tertiary/aromatic N) is 1. The molecule has 6 nitrogen and oxygen atoms in total. The van der Waals surface area contributed by atoms with Gasteiger partial charge in [0.2, 0.25) is 0 Å². The molecular formula is C29H38N2O4. The van der Waals surface area contributed by atoms with Gasteiger partial charge in [-0.15, -0.1) is 0 Å². The van der Waals surface area contributed by atoms with E-state index in [2.05, 4.69) is 48.6 Å². The molecule has 2 aromatic rings. The Morgan fingerprint density at radius 1 is 0.914 bits per heavy atom. The van der Waals surface area contributed by atoms with Crippen molar-refractivity contribution in [3.63, 3.8) is 0 Å². The van der Waals surface area contributed by atoms with E-state index >= 15 is 0 Å². The Labute approximate surface area is 209 Å². The molecule has 2 aromatic carbocycles. The molecule has 35 heavy (non-hydrogen) atoms. The van der Waals surface area contributed by atoms with Gasteiger partial charge in [0.1, 0.15) is 6.61 Å². The van der Waals surface area contributed by atoms with Crippen LogP contribution in [0.25, 0.3) is 11.1 Å². The molecule has 0 aromatic heterocycles. The summed E-state index contributed by atoms with van der Waals surface area (Å²) in [6.07, 6.45) is 6.64. The number of amides is 2. The number of hydrogen-bond acceptors (Lipinski definition) is 4. The first kappa shape index (κ1) is 25.1. The SMILES string of the molecule is CCCCOC(=O)N1CCC(CCCCNC(=O)OCC2c3ccccc3-c3ccccc32)CC1. The number of likely N-dealkylation sites (tertiary alicyclic amines) is 1. The number of hydrogen-bond donors (Lipinski definition) is 1. The topological polar surface area (TPSA) is 67.9 Å². The summed E-state index contributed by atoms with van der Waals surface area (Å²) in [6.45, 7) is 5.15. The predicted molar refractivity (Wildman–Crippen MR) is 137 cm³/mol. The standard InChI is InChI=1S/C29H38N2O4/c1-2-3-20-34-29(33)31-18-15-22(16-19-31)10-8-9-17-30-28(32)35-21-27-25-13-6-4-11-23(25)24-12-5-7-14-26(24)27/h4-7,11-14,22,27H,2-3,8-10,15-21H2,1H3,(H,30,32). The van der Waals surface area contributed by atoms with Gasteiger partial charge in [-0.1, -0.05) is 74.7 Å². The minimum absolute atomic E-state index is 0.0861. The molecule has 188 valence electrons. The maximum atomic E-state index is 12.3. The van der Waals surface area contributed by atoms with Gasteiger partial charge in [-0.3, -0.25) is 0 Å². The lowest BCUT2D eigenvalue weighted by molar-refractivity contribution is 0.0856. The maximum Gasteiger partial charge on any atom is 0.409 e. The van der Waals surface area contributed by atoms with E-state index in [0.717, 1.165) is 58.0 Å². The Hall–Kier alpha value is -3.02. The fourth-order valence-electron chi connectivity index (χ4n) is 5.20. The molecule has 1 aliphatic carbocycles. The zero-order chi connectivity index (χ0) is 24.5. The first-order valence-electron chi connectivity index (χ1n) is 13.2. The molecule has 1 aliphatic heterocycles. The summed E-state index contributed by atoms with van der Waals surface area (Å²) in [5.41, 5.74) is 4.91. The van der Waals surface area contributed by atoms with Crippen molar-refractivity contribution in [1.29, 1.82) is 0 Å². The molecule has 0 spiro atoms. The number of unbranched alkanes of at least 4 members (excludes halogenated alkanes) is 2. The molecule has 0 unspecified atom stereocenters. The van der Waals surface area contributed by atoms with Gasteiger partial charge in [-0.2, -0.15) is 0 Å². The molecule has 0 atom stereocenters. The maximum absolute atomic E-state index is 12.3. The Morgan fingerprint density at radius 3 is 2.23 bits per heavy atom. The molecule has 2 aliphatic rings. The third-order valence-corrected chi connectivity index (χ3v) is 7.25. The van der Waals surface area contributed by atoms with Gasteiger partial charge >= 0.3 is 12.2 Å². The molecule has 1 fully saturated rings. The number of carbonyl (C=O) groups is 2. The summed E-state index contributed by atoms with van der Waals surface area (Å²) in [6, 6.07) is 16.7. The molecule has 6 heteroatoms. The van der Waals surface area contributed by atoms with Gasteiger partial charge in [0.05, 0.1) is 6.61 Å². The normalized spacial score (nSPS) is 15.4. The Kier molecular flexibility index (Phi) is 9.04. The number of alkyl carbamates (subject to hydrolysis) is 1. The Bertz CT molecular complexity index is 939. The fraction of sp³-hybridized carbons (Fsp3) is 0.517. The van der Waals surface area contributed by atoms with Crippen LogP contribution < -0.4 is 5.32 Å². The van der Waals surface area contributed by atoms with Crippen LogP contribution in [0, 0.1) is 5.92 Å². The van der Waals surface area contributed by atoms with Crippen LogP contribution in [0.1, 0.15) is 68.9 Å². The monoisotopic (exact) mass is 478 g/mol. The zero-order valence-electron chi connectivity index (χ0n) is 20.8. The van der Waals surface area contributed by atoms with Crippen LogP contribution in [0.2, 0.25) is 0 Å². The van der Waals surface area contributed by atoms with Crippen molar-refractivity contribution in [3.05, 3.63) is 59.7 Å². The molecule has 2 amide bonds. The summed E-state index contributed by atoms with van der Waals surface area (Å²) < 4.78 is 10.9. The smallest absolute Gasteiger partial charge is 0.409 e. The van der Waals surface area contributed by atoms with Crippen LogP contribution in [-0.2, 0) is 9.47 Å². The number of nitrogens with one attached hydrogen (secondary N) is 1. The minimum atomic E-state index is -0.346. The number of carbonyl (C=O) groups excluding carboxylic acids is 2. The van der Waals surface area contributed by atoms with E-state index in [9.17, 15) is 9.59 Å². The number of benzene rings is 2. The highest BCUT2D eigenvalue weighted by atomic mass is 16.6. The summed E-state index contributed by atoms with van der Waals surface area (Å²) in [4.78, 5) is 26.2. The molecule has 0 radical (unpaired) electrons. The molecule has 4 rings (SSSR count). The highest BCUT2D eigenvalue weighted by molar-refractivity contribution is 5.79. The highest BCUT2D eigenvalue weighted by Gasteiger charge is 2.29. The molecular weight excluding hydrogens is 440 g/mol. The van der Waals surface area contributed by atoms with E-state index in [4.69, 9.17) is 9.47 Å². The second-order valence-electron chi connectivity index (χ2n) is 9.65. The largest absolute Gasteiger partial charge is 0.449 e. The number of piperidine rings is 1. The zero-order valence-corrected chi connectivity index (χ0v) is 20.8. The van der Waals surface area contributed by atoms with Crippen molar-refractivity contribution < 1.29 is 19.1 Å². The summed E-state index contributed by atoms with van der Waals surface area (Å²) >= 11 is 0. The second kappa shape index (κ2) is 12.6. The van der Waals surface area contributed by atoms with Crippen LogP contribution in [0.15, 0.2) is 48.5 Å². The van der Waals surface area contributed by atoms with Crippen LogP contribution in [-0.4, -0.2) is 49.9 Å². The average Bonchev–Trinajstić information content (AvgIpc) is 3.21. The lowest BCUT2D eigenvalue weighted by atomic mass is 9.92. The lowest BCUT2D eigenvalue weighted by Crippen LogP contribution is -2.39. The molecule has 0 saturated carbocycles. The Balaban J connectivity index is 1.10. The van der Waals surface area contributed by atoms with Gasteiger partial charge in [0.25, 0.3) is 0 Å². The molecule has 1 N–H and O–H groups in total. The van der Waals surface area contributed by atoms with E-state index in [0.29, 0.717) is 25.7 Å². The molecule has 1 saturated heterocycles. The van der Waals surface area contributed by atoms with E-state index in [1.165, 1.54) is 22.3 Å². The van der Waals surface area contributed by atoms with Gasteiger partial charge in [-0.05, 0) is 53.9 Å². The number of ether oxygens (including phenoxy) is 2. The Morgan fingerprint density at radius 2 is 1.57 bits per heavy atom. The van der Waals surface area contributed by atoms with Gasteiger partial charge < -0.3 is 19.7 Å². The lowest BCUT2D eigenvalue weighted by Gasteiger charge is -2.31. The van der Waals surface area contributed by atoms with Crippen molar-refractivity contribution in [3.8, 4) is 11.1 Å². The van der Waals surface area contributed by atoms with Gasteiger partial charge in [-0.25, -0.2) is 9.59 Å². The van der Waals surface area contributed by atoms with Gasteiger partial charge in [0, 0.05) is 25.6 Å². The summed E-state index contributed by atoms with van der Waals surface area (Å²) in [5.74, 6) is 0.729.